The first kappa shape index (κ1) is 25.3. The van der Waals surface area contributed by atoms with E-state index in [-0.39, 0.29) is 24.4 Å². The minimum atomic E-state index is -0.914. The van der Waals surface area contributed by atoms with Crippen LogP contribution in [-0.2, 0) is 11.3 Å². The molecule has 0 unspecified atom stereocenters. The zero-order chi connectivity index (χ0) is 25.3. The molecular weight excluding hydrogens is 462 g/mol. The van der Waals surface area contributed by atoms with Gasteiger partial charge in [0, 0.05) is 63.1 Å². The quantitative estimate of drug-likeness (QED) is 0.434. The Kier molecular flexibility index (Phi) is 8.62. The molecule has 6 nitrogen and oxygen atoms in total. The lowest BCUT2D eigenvalue weighted by Crippen LogP contribution is -2.45. The van der Waals surface area contributed by atoms with Gasteiger partial charge in [-0.1, -0.05) is 30.3 Å². The molecule has 0 atom stereocenters. The summed E-state index contributed by atoms with van der Waals surface area (Å²) < 4.78 is 26.6. The number of benzene rings is 3. The molecule has 188 valence electrons. The number of rotatable bonds is 9. The molecule has 0 radical (unpaired) electrons. The van der Waals surface area contributed by atoms with Gasteiger partial charge in [-0.05, 0) is 48.4 Å². The summed E-state index contributed by atoms with van der Waals surface area (Å²) in [5, 5.41) is 5.41. The largest absolute Gasteiger partial charge is 0.369 e. The van der Waals surface area contributed by atoms with Crippen LogP contribution in [0.4, 0.5) is 20.2 Å². The van der Waals surface area contributed by atoms with Gasteiger partial charge in [0.15, 0.2) is 0 Å². The minimum absolute atomic E-state index is 0.167. The number of carbonyl (C=O) groups excluding carboxylic acids is 2. The Balaban J connectivity index is 1.16. The van der Waals surface area contributed by atoms with Crippen LogP contribution < -0.4 is 15.5 Å². The van der Waals surface area contributed by atoms with Crippen LogP contribution in [0, 0.1) is 11.6 Å². The van der Waals surface area contributed by atoms with Crippen LogP contribution in [0.5, 0.6) is 0 Å². The third-order valence-electron chi connectivity index (χ3n) is 6.18. The van der Waals surface area contributed by atoms with Gasteiger partial charge in [0.2, 0.25) is 5.91 Å². The molecule has 36 heavy (non-hydrogen) atoms. The average molecular weight is 493 g/mol. The Labute approximate surface area is 209 Å². The summed E-state index contributed by atoms with van der Waals surface area (Å²) in [6.07, 6.45) is 0.600. The Hall–Kier alpha value is -3.78. The van der Waals surface area contributed by atoms with E-state index in [0.717, 1.165) is 50.5 Å². The molecular formula is C28H30F2N4O2. The molecule has 3 aromatic rings. The molecule has 1 fully saturated rings. The number of amides is 2. The highest BCUT2D eigenvalue weighted by Gasteiger charge is 2.17. The average Bonchev–Trinajstić information content (AvgIpc) is 2.88. The van der Waals surface area contributed by atoms with Crippen molar-refractivity contribution in [2.45, 2.75) is 19.4 Å². The van der Waals surface area contributed by atoms with Gasteiger partial charge < -0.3 is 15.5 Å². The predicted molar refractivity (Wildman–Crippen MR) is 137 cm³/mol. The van der Waals surface area contributed by atoms with Crippen LogP contribution in [0.2, 0.25) is 0 Å². The molecule has 2 N–H and O–H groups in total. The van der Waals surface area contributed by atoms with E-state index in [1.54, 1.807) is 0 Å². The number of piperazine rings is 1. The Morgan fingerprint density at radius 3 is 2.28 bits per heavy atom. The van der Waals surface area contributed by atoms with Gasteiger partial charge in [-0.3, -0.25) is 14.5 Å². The molecule has 0 saturated carbocycles. The Morgan fingerprint density at radius 1 is 0.861 bits per heavy atom. The topological polar surface area (TPSA) is 64.7 Å². The van der Waals surface area contributed by atoms with Crippen LogP contribution >= 0.6 is 0 Å². The van der Waals surface area contributed by atoms with Crippen LogP contribution in [-0.4, -0.2) is 49.4 Å². The lowest BCUT2D eigenvalue weighted by molar-refractivity contribution is -0.116. The fourth-order valence-electron chi connectivity index (χ4n) is 4.20. The van der Waals surface area contributed by atoms with Crippen molar-refractivity contribution in [2.24, 2.45) is 0 Å². The third kappa shape index (κ3) is 7.11. The molecule has 3 aromatic carbocycles. The van der Waals surface area contributed by atoms with Gasteiger partial charge >= 0.3 is 0 Å². The standard InChI is InChI=1S/C28H30F2N4O2/c29-22-8-13-25(26(30)19-22)28(36)31-14-4-7-27(35)32-23-9-11-24(12-10-23)34-17-15-33(16-18-34)20-21-5-2-1-3-6-21/h1-3,5-6,8-13,19H,4,7,14-18,20H2,(H,31,36)(H,32,35). The third-order valence-corrected chi connectivity index (χ3v) is 6.18. The molecule has 2 amide bonds. The van der Waals surface area contributed by atoms with Crippen LogP contribution in [0.25, 0.3) is 0 Å². The van der Waals surface area contributed by atoms with Gasteiger partial charge in [-0.2, -0.15) is 0 Å². The lowest BCUT2D eigenvalue weighted by atomic mass is 10.2. The molecule has 4 rings (SSSR count). The van der Waals surface area contributed by atoms with Crippen molar-refractivity contribution < 1.29 is 18.4 Å². The molecule has 1 heterocycles. The van der Waals surface area contributed by atoms with Crippen LogP contribution in [0.3, 0.4) is 0 Å². The second kappa shape index (κ2) is 12.3. The van der Waals surface area contributed by atoms with Gasteiger partial charge in [-0.15, -0.1) is 0 Å². The highest BCUT2D eigenvalue weighted by molar-refractivity contribution is 5.94. The molecule has 0 bridgehead atoms. The first-order valence-corrected chi connectivity index (χ1v) is 12.1. The highest BCUT2D eigenvalue weighted by atomic mass is 19.1. The van der Waals surface area contributed by atoms with Crippen molar-refractivity contribution in [1.82, 2.24) is 10.2 Å². The van der Waals surface area contributed by atoms with Gasteiger partial charge in [0.1, 0.15) is 11.6 Å². The van der Waals surface area contributed by atoms with Gasteiger partial charge in [0.25, 0.3) is 5.91 Å². The van der Waals surface area contributed by atoms with Crippen molar-refractivity contribution in [2.75, 3.05) is 42.9 Å². The zero-order valence-corrected chi connectivity index (χ0v) is 20.1. The van der Waals surface area contributed by atoms with E-state index >= 15 is 0 Å². The van der Waals surface area contributed by atoms with Crippen molar-refractivity contribution in [3.05, 3.63) is 95.6 Å². The normalized spacial score (nSPS) is 13.9. The second-order valence-corrected chi connectivity index (χ2v) is 8.83. The van der Waals surface area contributed by atoms with E-state index in [0.29, 0.717) is 18.2 Å². The molecule has 0 aromatic heterocycles. The number of hydrogen-bond acceptors (Lipinski definition) is 4. The first-order valence-electron chi connectivity index (χ1n) is 12.1. The zero-order valence-electron chi connectivity index (χ0n) is 20.1. The van der Waals surface area contributed by atoms with Gasteiger partial charge in [0.05, 0.1) is 5.56 Å². The van der Waals surface area contributed by atoms with Gasteiger partial charge in [-0.25, -0.2) is 8.78 Å². The number of carbonyl (C=O) groups is 2. The van der Waals surface area contributed by atoms with Crippen molar-refractivity contribution in [3.8, 4) is 0 Å². The number of nitrogens with one attached hydrogen (secondary N) is 2. The van der Waals surface area contributed by atoms with E-state index < -0.39 is 17.5 Å². The lowest BCUT2D eigenvalue weighted by Gasteiger charge is -2.36. The smallest absolute Gasteiger partial charge is 0.254 e. The SMILES string of the molecule is O=C(CCCNC(=O)c1ccc(F)cc1F)Nc1ccc(N2CCN(Cc3ccccc3)CC2)cc1. The molecule has 8 heteroatoms. The second-order valence-electron chi connectivity index (χ2n) is 8.83. The van der Waals surface area contributed by atoms with E-state index in [1.807, 2.05) is 30.3 Å². The van der Waals surface area contributed by atoms with Crippen molar-refractivity contribution in [3.63, 3.8) is 0 Å². The summed E-state index contributed by atoms with van der Waals surface area (Å²) in [7, 11) is 0. The number of anilines is 2. The molecule has 0 aliphatic carbocycles. The summed E-state index contributed by atoms with van der Waals surface area (Å²) in [5.74, 6) is -2.46. The number of halogens is 2. The number of hydrogen-bond donors (Lipinski definition) is 2. The molecule has 0 spiro atoms. The predicted octanol–water partition coefficient (Wildman–Crippen LogP) is 4.44. The maximum atomic E-state index is 13.7. The van der Waals surface area contributed by atoms with Crippen molar-refractivity contribution >= 4 is 23.2 Å². The minimum Gasteiger partial charge on any atom is -0.369 e. The summed E-state index contributed by atoms with van der Waals surface area (Å²) in [4.78, 5) is 29.0. The summed E-state index contributed by atoms with van der Waals surface area (Å²) >= 11 is 0. The maximum absolute atomic E-state index is 13.7. The summed E-state index contributed by atoms with van der Waals surface area (Å²) in [6.45, 7) is 5.07. The Bertz CT molecular complexity index is 1160. The summed E-state index contributed by atoms with van der Waals surface area (Å²) in [5.41, 5.74) is 2.95. The maximum Gasteiger partial charge on any atom is 0.254 e. The molecule has 1 saturated heterocycles. The highest BCUT2D eigenvalue weighted by Crippen LogP contribution is 2.20. The molecule has 1 aliphatic rings. The van der Waals surface area contributed by atoms with Crippen LogP contribution in [0.15, 0.2) is 72.8 Å². The Morgan fingerprint density at radius 2 is 1.58 bits per heavy atom. The number of nitrogens with zero attached hydrogens (tertiary/aromatic N) is 2. The van der Waals surface area contributed by atoms with E-state index in [2.05, 4.69) is 44.7 Å². The fraction of sp³-hybridized carbons (Fsp3) is 0.286. The fourth-order valence-corrected chi connectivity index (χ4v) is 4.20. The first-order chi connectivity index (χ1) is 17.5. The van der Waals surface area contributed by atoms with Crippen LogP contribution in [0.1, 0.15) is 28.8 Å². The van der Waals surface area contributed by atoms with E-state index in [1.165, 1.54) is 5.56 Å². The monoisotopic (exact) mass is 492 g/mol. The molecule has 1 aliphatic heterocycles. The van der Waals surface area contributed by atoms with Crippen molar-refractivity contribution in [1.29, 1.82) is 0 Å². The van der Waals surface area contributed by atoms with E-state index in [4.69, 9.17) is 0 Å². The summed E-state index contributed by atoms with van der Waals surface area (Å²) in [6, 6.07) is 21.1. The van der Waals surface area contributed by atoms with E-state index in [9.17, 15) is 18.4 Å².